The molecule has 154 valence electrons. The summed E-state index contributed by atoms with van der Waals surface area (Å²) in [6, 6.07) is 20.6. The van der Waals surface area contributed by atoms with E-state index in [-0.39, 0.29) is 10.2 Å². The SMILES string of the molecule is O=C(NN1C(=O)C(=Cc2cccc(OCc3ccccc3)c2)SC1=S)c1cccnc1. The van der Waals surface area contributed by atoms with Gasteiger partial charge in [-0.05, 0) is 53.7 Å². The smallest absolute Gasteiger partial charge is 0.285 e. The highest BCUT2D eigenvalue weighted by Gasteiger charge is 2.33. The number of thiocarbonyl (C=S) groups is 1. The van der Waals surface area contributed by atoms with Gasteiger partial charge in [0.1, 0.15) is 12.4 Å². The predicted molar refractivity (Wildman–Crippen MR) is 124 cm³/mol. The number of rotatable bonds is 6. The molecule has 3 aromatic rings. The lowest BCUT2D eigenvalue weighted by molar-refractivity contribution is -0.123. The summed E-state index contributed by atoms with van der Waals surface area (Å²) in [7, 11) is 0. The Labute approximate surface area is 188 Å². The van der Waals surface area contributed by atoms with E-state index >= 15 is 0 Å². The lowest BCUT2D eigenvalue weighted by atomic mass is 10.2. The number of aromatic nitrogens is 1. The molecule has 1 aliphatic rings. The highest BCUT2D eigenvalue weighted by atomic mass is 32.2. The van der Waals surface area contributed by atoms with Crippen LogP contribution in [0.2, 0.25) is 0 Å². The maximum atomic E-state index is 12.8. The third-order valence-corrected chi connectivity index (χ3v) is 5.64. The zero-order valence-corrected chi connectivity index (χ0v) is 17.9. The van der Waals surface area contributed by atoms with E-state index in [2.05, 4.69) is 10.4 Å². The van der Waals surface area contributed by atoms with Crippen molar-refractivity contribution in [3.63, 3.8) is 0 Å². The molecule has 6 nitrogen and oxygen atoms in total. The van der Waals surface area contributed by atoms with Gasteiger partial charge in [0, 0.05) is 12.4 Å². The van der Waals surface area contributed by atoms with Crippen LogP contribution in [0.1, 0.15) is 21.5 Å². The number of amides is 2. The Balaban J connectivity index is 1.44. The van der Waals surface area contributed by atoms with Gasteiger partial charge in [0.05, 0.1) is 10.5 Å². The van der Waals surface area contributed by atoms with Crippen LogP contribution in [-0.4, -0.2) is 26.1 Å². The van der Waals surface area contributed by atoms with E-state index in [0.29, 0.717) is 22.8 Å². The van der Waals surface area contributed by atoms with Gasteiger partial charge in [0.25, 0.3) is 11.8 Å². The molecule has 8 heteroatoms. The van der Waals surface area contributed by atoms with Crippen molar-refractivity contribution in [2.45, 2.75) is 6.61 Å². The first kappa shape index (κ1) is 20.8. The molecule has 1 N–H and O–H groups in total. The highest BCUT2D eigenvalue weighted by molar-refractivity contribution is 8.26. The van der Waals surface area contributed by atoms with Crippen molar-refractivity contribution in [3.05, 3.63) is 101 Å². The number of benzene rings is 2. The van der Waals surface area contributed by atoms with Gasteiger partial charge < -0.3 is 4.74 Å². The largest absolute Gasteiger partial charge is 0.489 e. The number of carbonyl (C=O) groups is 2. The van der Waals surface area contributed by atoms with Crippen LogP contribution in [0, 0.1) is 0 Å². The molecule has 2 heterocycles. The van der Waals surface area contributed by atoms with Gasteiger partial charge in [-0.25, -0.2) is 0 Å². The summed E-state index contributed by atoms with van der Waals surface area (Å²) in [6.45, 7) is 0.451. The van der Waals surface area contributed by atoms with Gasteiger partial charge in [-0.2, -0.15) is 5.01 Å². The van der Waals surface area contributed by atoms with Crippen molar-refractivity contribution in [1.29, 1.82) is 0 Å². The number of carbonyl (C=O) groups excluding carboxylic acids is 2. The van der Waals surface area contributed by atoms with Crippen molar-refractivity contribution >= 4 is 46.2 Å². The Bertz CT molecular complexity index is 1150. The van der Waals surface area contributed by atoms with Crippen LogP contribution >= 0.6 is 24.0 Å². The van der Waals surface area contributed by atoms with E-state index in [1.807, 2.05) is 54.6 Å². The molecule has 0 saturated carbocycles. The van der Waals surface area contributed by atoms with E-state index in [0.717, 1.165) is 27.9 Å². The molecule has 2 aromatic carbocycles. The monoisotopic (exact) mass is 447 g/mol. The molecule has 1 fully saturated rings. The van der Waals surface area contributed by atoms with E-state index in [4.69, 9.17) is 17.0 Å². The van der Waals surface area contributed by atoms with Crippen LogP contribution in [-0.2, 0) is 11.4 Å². The number of hydrogen-bond acceptors (Lipinski definition) is 6. The molecule has 2 amide bonds. The molecule has 1 saturated heterocycles. The van der Waals surface area contributed by atoms with Gasteiger partial charge in [-0.15, -0.1) is 0 Å². The third kappa shape index (κ3) is 5.17. The molecule has 4 rings (SSSR count). The number of pyridine rings is 1. The Hall–Kier alpha value is -3.49. The van der Waals surface area contributed by atoms with E-state index < -0.39 is 5.91 Å². The molecule has 31 heavy (non-hydrogen) atoms. The summed E-state index contributed by atoms with van der Waals surface area (Å²) in [5.41, 5.74) is 4.74. The molecule has 0 unspecified atom stereocenters. The second-order valence-corrected chi connectivity index (χ2v) is 8.22. The molecule has 0 radical (unpaired) electrons. The fourth-order valence-corrected chi connectivity index (χ4v) is 3.99. The normalized spacial score (nSPS) is 14.7. The number of nitrogens with zero attached hydrogens (tertiary/aromatic N) is 2. The topological polar surface area (TPSA) is 71.5 Å². The van der Waals surface area contributed by atoms with Gasteiger partial charge in [-0.1, -0.05) is 54.2 Å². The minimum absolute atomic E-state index is 0.255. The van der Waals surface area contributed by atoms with Crippen LogP contribution < -0.4 is 10.2 Å². The Morgan fingerprint density at radius 1 is 1.13 bits per heavy atom. The van der Waals surface area contributed by atoms with E-state index in [1.165, 1.54) is 6.20 Å². The molecule has 1 aliphatic heterocycles. The predicted octanol–water partition coefficient (Wildman–Crippen LogP) is 4.21. The summed E-state index contributed by atoms with van der Waals surface area (Å²) >= 11 is 6.40. The Morgan fingerprint density at radius 3 is 2.74 bits per heavy atom. The van der Waals surface area contributed by atoms with E-state index in [9.17, 15) is 9.59 Å². The van der Waals surface area contributed by atoms with Crippen LogP contribution in [0.25, 0.3) is 6.08 Å². The van der Waals surface area contributed by atoms with Gasteiger partial charge in [-0.3, -0.25) is 20.0 Å². The molecular formula is C23H17N3O3S2. The number of ether oxygens (including phenoxy) is 1. The zero-order valence-electron chi connectivity index (χ0n) is 16.2. The summed E-state index contributed by atoms with van der Waals surface area (Å²) in [6.07, 6.45) is 4.71. The minimum atomic E-state index is -0.457. The average Bonchev–Trinajstić information content (AvgIpc) is 3.06. The van der Waals surface area contributed by atoms with Crippen molar-refractivity contribution < 1.29 is 14.3 Å². The summed E-state index contributed by atoms with van der Waals surface area (Å²) in [5, 5.41) is 1.08. The molecule has 0 aliphatic carbocycles. The maximum Gasteiger partial charge on any atom is 0.285 e. The van der Waals surface area contributed by atoms with Crippen molar-refractivity contribution in [2.24, 2.45) is 0 Å². The first-order valence-electron chi connectivity index (χ1n) is 9.36. The maximum absolute atomic E-state index is 12.8. The molecular weight excluding hydrogens is 430 g/mol. The molecule has 0 atom stereocenters. The molecule has 0 bridgehead atoms. The standard InChI is InChI=1S/C23H17N3O3S2/c27-21(18-9-5-11-24-14-18)25-26-22(28)20(31-23(26)30)13-17-8-4-10-19(12-17)29-15-16-6-2-1-3-7-16/h1-14H,15H2,(H,25,27). The van der Waals surface area contributed by atoms with Gasteiger partial charge in [0.15, 0.2) is 4.32 Å². The van der Waals surface area contributed by atoms with Crippen LogP contribution in [0.3, 0.4) is 0 Å². The van der Waals surface area contributed by atoms with Crippen LogP contribution in [0.4, 0.5) is 0 Å². The fraction of sp³-hybridized carbons (Fsp3) is 0.0435. The third-order valence-electron chi connectivity index (χ3n) is 4.33. The highest BCUT2D eigenvalue weighted by Crippen LogP contribution is 2.32. The average molecular weight is 448 g/mol. The zero-order chi connectivity index (χ0) is 21.6. The van der Waals surface area contributed by atoms with Crippen molar-refractivity contribution in [2.75, 3.05) is 0 Å². The lowest BCUT2D eigenvalue weighted by Crippen LogP contribution is -2.44. The molecule has 0 spiro atoms. The number of thioether (sulfide) groups is 1. The van der Waals surface area contributed by atoms with Gasteiger partial charge >= 0.3 is 0 Å². The number of nitrogens with one attached hydrogen (secondary N) is 1. The Kier molecular flexibility index (Phi) is 6.40. The lowest BCUT2D eigenvalue weighted by Gasteiger charge is -2.15. The summed E-state index contributed by atoms with van der Waals surface area (Å²) < 4.78 is 6.10. The van der Waals surface area contributed by atoms with Gasteiger partial charge in [0.2, 0.25) is 0 Å². The molecule has 1 aromatic heterocycles. The second kappa shape index (κ2) is 9.55. The fourth-order valence-electron chi connectivity index (χ4n) is 2.81. The quantitative estimate of drug-likeness (QED) is 0.451. The van der Waals surface area contributed by atoms with Crippen molar-refractivity contribution in [1.82, 2.24) is 15.4 Å². The summed E-state index contributed by atoms with van der Waals surface area (Å²) in [4.78, 5) is 29.4. The van der Waals surface area contributed by atoms with Crippen LogP contribution in [0.15, 0.2) is 84.0 Å². The second-order valence-electron chi connectivity index (χ2n) is 6.55. The number of hydrogen-bond donors (Lipinski definition) is 1. The first-order valence-corrected chi connectivity index (χ1v) is 10.6. The van der Waals surface area contributed by atoms with Crippen LogP contribution in [0.5, 0.6) is 5.75 Å². The minimum Gasteiger partial charge on any atom is -0.489 e. The van der Waals surface area contributed by atoms with Crippen molar-refractivity contribution in [3.8, 4) is 5.75 Å². The Morgan fingerprint density at radius 2 is 1.97 bits per heavy atom. The summed E-state index contributed by atoms with van der Waals surface area (Å²) in [5.74, 6) is -0.150. The first-order chi connectivity index (χ1) is 15.1. The van der Waals surface area contributed by atoms with E-state index in [1.54, 1.807) is 24.4 Å². The number of hydrazine groups is 1.